The second-order valence-corrected chi connectivity index (χ2v) is 8.43. The standard InChI is InChI=1S/C24H32N4O3/c1-3-18-6-7-28(15-18)24(30)26-20-5-4-17(2)22(14-20)19-12-21(16-29)25-23(13-19)27-8-10-31-11-9-27/h4-5,12-14,18,29H,3,6-11,15-16H2,1-2H3,(H,26,30). The van der Waals surface area contributed by atoms with Gasteiger partial charge in [-0.3, -0.25) is 0 Å². The van der Waals surface area contributed by atoms with Crippen LogP contribution < -0.4 is 10.2 Å². The van der Waals surface area contributed by atoms with Crippen LogP contribution in [0.5, 0.6) is 0 Å². The van der Waals surface area contributed by atoms with Crippen LogP contribution in [0.4, 0.5) is 16.3 Å². The summed E-state index contributed by atoms with van der Waals surface area (Å²) in [7, 11) is 0. The number of amides is 2. The highest BCUT2D eigenvalue weighted by Gasteiger charge is 2.25. The molecule has 2 N–H and O–H groups in total. The largest absolute Gasteiger partial charge is 0.390 e. The molecule has 31 heavy (non-hydrogen) atoms. The lowest BCUT2D eigenvalue weighted by molar-refractivity contribution is 0.122. The van der Waals surface area contributed by atoms with E-state index in [1.807, 2.05) is 29.2 Å². The second-order valence-electron chi connectivity index (χ2n) is 8.43. The third kappa shape index (κ3) is 4.99. The number of aliphatic hydroxyl groups excluding tert-OH is 1. The van der Waals surface area contributed by atoms with E-state index in [0.29, 0.717) is 24.8 Å². The summed E-state index contributed by atoms with van der Waals surface area (Å²) in [4.78, 5) is 21.4. The van der Waals surface area contributed by atoms with Crippen molar-refractivity contribution in [3.63, 3.8) is 0 Å². The van der Waals surface area contributed by atoms with Crippen molar-refractivity contribution in [3.8, 4) is 11.1 Å². The molecule has 2 aromatic rings. The van der Waals surface area contributed by atoms with Gasteiger partial charge in [-0.2, -0.15) is 0 Å². The Bertz CT molecular complexity index is 927. The maximum atomic E-state index is 12.7. The Morgan fingerprint density at radius 1 is 1.23 bits per heavy atom. The molecule has 0 spiro atoms. The Balaban J connectivity index is 1.58. The van der Waals surface area contributed by atoms with Gasteiger partial charge in [-0.25, -0.2) is 9.78 Å². The molecule has 2 aliphatic heterocycles. The fourth-order valence-electron chi connectivity index (χ4n) is 4.33. The van der Waals surface area contributed by atoms with E-state index < -0.39 is 0 Å². The van der Waals surface area contributed by atoms with Gasteiger partial charge in [-0.15, -0.1) is 0 Å². The fourth-order valence-corrected chi connectivity index (χ4v) is 4.33. The summed E-state index contributed by atoms with van der Waals surface area (Å²) in [6, 6.07) is 9.93. The summed E-state index contributed by atoms with van der Waals surface area (Å²) < 4.78 is 5.46. The summed E-state index contributed by atoms with van der Waals surface area (Å²) in [5.41, 5.74) is 4.53. The monoisotopic (exact) mass is 424 g/mol. The zero-order valence-corrected chi connectivity index (χ0v) is 18.4. The number of rotatable bonds is 5. The number of hydrogen-bond acceptors (Lipinski definition) is 5. The first-order valence-electron chi connectivity index (χ1n) is 11.2. The van der Waals surface area contributed by atoms with Crippen molar-refractivity contribution in [2.75, 3.05) is 49.6 Å². The van der Waals surface area contributed by atoms with Crippen LogP contribution in [0.25, 0.3) is 11.1 Å². The maximum absolute atomic E-state index is 12.7. The minimum absolute atomic E-state index is 0.0365. The number of nitrogens with one attached hydrogen (secondary N) is 1. The summed E-state index contributed by atoms with van der Waals surface area (Å²) in [5.74, 6) is 1.45. The van der Waals surface area contributed by atoms with E-state index in [-0.39, 0.29) is 12.6 Å². The molecule has 1 unspecified atom stereocenters. The van der Waals surface area contributed by atoms with E-state index >= 15 is 0 Å². The molecule has 2 fully saturated rings. The van der Waals surface area contributed by atoms with Crippen LogP contribution >= 0.6 is 0 Å². The van der Waals surface area contributed by atoms with Crippen LogP contribution in [0.3, 0.4) is 0 Å². The molecule has 7 heteroatoms. The molecule has 0 radical (unpaired) electrons. The maximum Gasteiger partial charge on any atom is 0.321 e. The van der Waals surface area contributed by atoms with Crippen molar-refractivity contribution in [2.24, 2.45) is 5.92 Å². The summed E-state index contributed by atoms with van der Waals surface area (Å²) in [5, 5.41) is 12.8. The van der Waals surface area contributed by atoms with E-state index in [0.717, 1.165) is 67.2 Å². The van der Waals surface area contributed by atoms with Gasteiger partial charge in [0.2, 0.25) is 0 Å². The lowest BCUT2D eigenvalue weighted by atomic mass is 9.99. The molecule has 7 nitrogen and oxygen atoms in total. The van der Waals surface area contributed by atoms with Gasteiger partial charge < -0.3 is 25.0 Å². The van der Waals surface area contributed by atoms with Crippen molar-refractivity contribution >= 4 is 17.5 Å². The molecule has 0 aliphatic carbocycles. The minimum atomic E-state index is -0.117. The number of morpholine rings is 1. The predicted octanol–water partition coefficient (Wildman–Crippen LogP) is 3.65. The number of carbonyl (C=O) groups excluding carboxylic acids is 1. The number of nitrogens with zero attached hydrogens (tertiary/aromatic N) is 3. The number of carbonyl (C=O) groups is 1. The van der Waals surface area contributed by atoms with E-state index in [1.54, 1.807) is 0 Å². The number of anilines is 2. The van der Waals surface area contributed by atoms with Gasteiger partial charge in [0.05, 0.1) is 25.5 Å². The highest BCUT2D eigenvalue weighted by Crippen LogP contribution is 2.30. The molecule has 2 amide bonds. The number of aliphatic hydroxyl groups is 1. The fraction of sp³-hybridized carbons (Fsp3) is 0.500. The van der Waals surface area contributed by atoms with Crippen molar-refractivity contribution in [3.05, 3.63) is 41.6 Å². The topological polar surface area (TPSA) is 77.9 Å². The van der Waals surface area contributed by atoms with Gasteiger partial charge in [-0.05, 0) is 60.2 Å². The van der Waals surface area contributed by atoms with E-state index in [1.165, 1.54) is 0 Å². The highest BCUT2D eigenvalue weighted by molar-refractivity contribution is 5.90. The molecule has 4 rings (SSSR count). The van der Waals surface area contributed by atoms with Gasteiger partial charge in [0.15, 0.2) is 0 Å². The number of benzene rings is 1. The van der Waals surface area contributed by atoms with Gasteiger partial charge in [0.25, 0.3) is 0 Å². The quantitative estimate of drug-likeness (QED) is 0.766. The Morgan fingerprint density at radius 3 is 2.74 bits per heavy atom. The van der Waals surface area contributed by atoms with Gasteiger partial charge >= 0.3 is 6.03 Å². The molecule has 166 valence electrons. The number of likely N-dealkylation sites (tertiary alicyclic amines) is 1. The highest BCUT2D eigenvalue weighted by atomic mass is 16.5. The molecular weight excluding hydrogens is 392 g/mol. The Morgan fingerprint density at radius 2 is 2.03 bits per heavy atom. The molecule has 2 saturated heterocycles. The number of hydrogen-bond donors (Lipinski definition) is 2. The number of aryl methyl sites for hydroxylation is 1. The molecular formula is C24H32N4O3. The lowest BCUT2D eigenvalue weighted by Gasteiger charge is -2.28. The first kappa shape index (κ1) is 21.6. The Labute approximate surface area is 184 Å². The van der Waals surface area contributed by atoms with Crippen LogP contribution in [0.1, 0.15) is 31.0 Å². The average molecular weight is 425 g/mol. The van der Waals surface area contributed by atoms with Crippen molar-refractivity contribution in [2.45, 2.75) is 33.3 Å². The summed E-state index contributed by atoms with van der Waals surface area (Å²) >= 11 is 0. The van der Waals surface area contributed by atoms with Crippen LogP contribution in [-0.4, -0.2) is 60.4 Å². The Hall–Kier alpha value is -2.64. The SMILES string of the molecule is CCC1CCN(C(=O)Nc2ccc(C)c(-c3cc(CO)nc(N4CCOCC4)c3)c2)C1. The van der Waals surface area contributed by atoms with Crippen LogP contribution in [0.2, 0.25) is 0 Å². The smallest absolute Gasteiger partial charge is 0.321 e. The van der Waals surface area contributed by atoms with Gasteiger partial charge in [0.1, 0.15) is 5.82 Å². The summed E-state index contributed by atoms with van der Waals surface area (Å²) in [6.45, 7) is 8.68. The average Bonchev–Trinajstić information content (AvgIpc) is 3.30. The summed E-state index contributed by atoms with van der Waals surface area (Å²) in [6.07, 6.45) is 2.19. The molecule has 1 aromatic heterocycles. The van der Waals surface area contributed by atoms with Crippen LogP contribution in [-0.2, 0) is 11.3 Å². The molecule has 3 heterocycles. The van der Waals surface area contributed by atoms with Crippen molar-refractivity contribution in [1.29, 1.82) is 0 Å². The molecule has 1 aromatic carbocycles. The van der Waals surface area contributed by atoms with Gasteiger partial charge in [0, 0.05) is 31.9 Å². The normalized spacial score (nSPS) is 19.0. The van der Waals surface area contributed by atoms with Crippen LogP contribution in [0.15, 0.2) is 30.3 Å². The number of pyridine rings is 1. The van der Waals surface area contributed by atoms with Crippen molar-refractivity contribution < 1.29 is 14.6 Å². The first-order chi connectivity index (χ1) is 15.1. The van der Waals surface area contributed by atoms with Crippen LogP contribution in [0, 0.1) is 12.8 Å². The third-order valence-corrected chi connectivity index (χ3v) is 6.31. The molecule has 1 atom stereocenters. The molecule has 2 aliphatic rings. The number of aromatic nitrogens is 1. The number of ether oxygens (including phenoxy) is 1. The molecule has 0 saturated carbocycles. The zero-order chi connectivity index (χ0) is 21.8. The molecule has 0 bridgehead atoms. The predicted molar refractivity (Wildman–Crippen MR) is 122 cm³/mol. The number of urea groups is 1. The Kier molecular flexibility index (Phi) is 6.73. The van der Waals surface area contributed by atoms with Gasteiger partial charge in [-0.1, -0.05) is 19.4 Å². The first-order valence-corrected chi connectivity index (χ1v) is 11.2. The minimum Gasteiger partial charge on any atom is -0.390 e. The second kappa shape index (κ2) is 9.66. The van der Waals surface area contributed by atoms with E-state index in [2.05, 4.69) is 35.1 Å². The van der Waals surface area contributed by atoms with E-state index in [4.69, 9.17) is 4.74 Å². The van der Waals surface area contributed by atoms with Crippen molar-refractivity contribution in [1.82, 2.24) is 9.88 Å². The lowest BCUT2D eigenvalue weighted by Crippen LogP contribution is -2.36. The zero-order valence-electron chi connectivity index (χ0n) is 18.4. The third-order valence-electron chi connectivity index (χ3n) is 6.31. The van der Waals surface area contributed by atoms with E-state index in [9.17, 15) is 9.90 Å².